The van der Waals surface area contributed by atoms with Crippen molar-refractivity contribution in [2.45, 2.75) is 10.9 Å². The molecule has 0 saturated heterocycles. The molecule has 0 spiro atoms. The van der Waals surface area contributed by atoms with Crippen molar-refractivity contribution in [1.29, 1.82) is 0 Å². The molecule has 110 valence electrons. The van der Waals surface area contributed by atoms with Crippen LogP contribution in [0.2, 0.25) is 0 Å². The van der Waals surface area contributed by atoms with Gasteiger partial charge in [0.15, 0.2) is 0 Å². The third-order valence-corrected chi connectivity index (χ3v) is 3.92. The number of thioether (sulfide) groups is 1. The van der Waals surface area contributed by atoms with Gasteiger partial charge in [-0.15, -0.1) is 10.2 Å². The largest absolute Gasteiger partial charge is 0.212 e. The maximum atomic E-state index is 12.9. The highest BCUT2D eigenvalue weighted by atomic mass is 32.2. The van der Waals surface area contributed by atoms with E-state index in [0.29, 0.717) is 5.16 Å². The standard InChI is InChI=1S/C16H13FN4S/c17-15-8-6-13(7-9-15)10-19-21-12-18-20-16(21)22-11-14-4-2-1-3-5-14/h1-10,12H,11H2. The van der Waals surface area contributed by atoms with E-state index in [4.69, 9.17) is 0 Å². The van der Waals surface area contributed by atoms with Gasteiger partial charge in [0, 0.05) is 5.75 Å². The zero-order valence-electron chi connectivity index (χ0n) is 11.6. The summed E-state index contributed by atoms with van der Waals surface area (Å²) in [6.07, 6.45) is 3.20. The molecule has 1 heterocycles. The SMILES string of the molecule is Fc1ccc(C=Nn2cnnc2SCc2ccccc2)cc1. The predicted molar refractivity (Wildman–Crippen MR) is 85.4 cm³/mol. The lowest BCUT2D eigenvalue weighted by Gasteiger charge is -2.01. The number of hydrogen-bond acceptors (Lipinski definition) is 4. The molecule has 0 aliphatic carbocycles. The molecule has 0 saturated carbocycles. The van der Waals surface area contributed by atoms with Gasteiger partial charge in [-0.25, -0.2) is 4.39 Å². The fourth-order valence-electron chi connectivity index (χ4n) is 1.79. The summed E-state index contributed by atoms with van der Waals surface area (Å²) in [6, 6.07) is 16.3. The highest BCUT2D eigenvalue weighted by Crippen LogP contribution is 2.20. The zero-order chi connectivity index (χ0) is 15.2. The van der Waals surface area contributed by atoms with E-state index in [9.17, 15) is 4.39 Å². The Labute approximate surface area is 131 Å². The van der Waals surface area contributed by atoms with Crippen LogP contribution < -0.4 is 0 Å². The van der Waals surface area contributed by atoms with E-state index in [1.54, 1.807) is 41.1 Å². The van der Waals surface area contributed by atoms with Crippen LogP contribution in [0.15, 0.2) is 71.2 Å². The van der Waals surface area contributed by atoms with Gasteiger partial charge in [0.1, 0.15) is 12.1 Å². The average Bonchev–Trinajstić information content (AvgIpc) is 3.01. The first kappa shape index (κ1) is 14.5. The zero-order valence-corrected chi connectivity index (χ0v) is 12.4. The lowest BCUT2D eigenvalue weighted by atomic mass is 10.2. The van der Waals surface area contributed by atoms with Gasteiger partial charge in [-0.05, 0) is 23.3 Å². The summed E-state index contributed by atoms with van der Waals surface area (Å²) < 4.78 is 14.5. The number of hydrogen-bond donors (Lipinski definition) is 0. The van der Waals surface area contributed by atoms with Crippen molar-refractivity contribution in [3.05, 3.63) is 77.9 Å². The lowest BCUT2D eigenvalue weighted by Crippen LogP contribution is -1.93. The van der Waals surface area contributed by atoms with Crippen LogP contribution in [-0.2, 0) is 5.75 Å². The van der Waals surface area contributed by atoms with Gasteiger partial charge in [0.25, 0.3) is 0 Å². The van der Waals surface area contributed by atoms with Crippen LogP contribution in [-0.4, -0.2) is 21.1 Å². The van der Waals surface area contributed by atoms with Crippen LogP contribution in [0.25, 0.3) is 0 Å². The molecule has 0 radical (unpaired) electrons. The molecule has 0 bridgehead atoms. The summed E-state index contributed by atoms with van der Waals surface area (Å²) in [7, 11) is 0. The Balaban J connectivity index is 1.68. The van der Waals surface area contributed by atoms with E-state index in [0.717, 1.165) is 11.3 Å². The molecule has 0 aliphatic rings. The molecule has 0 fully saturated rings. The third-order valence-electron chi connectivity index (χ3n) is 2.91. The average molecular weight is 312 g/mol. The fraction of sp³-hybridized carbons (Fsp3) is 0.0625. The predicted octanol–water partition coefficient (Wildman–Crippen LogP) is 3.59. The fourth-order valence-corrected chi connectivity index (χ4v) is 2.61. The first-order chi connectivity index (χ1) is 10.8. The summed E-state index contributed by atoms with van der Waals surface area (Å²) in [5, 5.41) is 13.0. The third kappa shape index (κ3) is 3.79. The highest BCUT2D eigenvalue weighted by Gasteiger charge is 2.04. The van der Waals surface area contributed by atoms with Crippen LogP contribution >= 0.6 is 11.8 Å². The Bertz CT molecular complexity index is 753. The molecule has 2 aromatic carbocycles. The Morgan fingerprint density at radius 2 is 1.86 bits per heavy atom. The molecular weight excluding hydrogens is 299 g/mol. The number of aromatic nitrogens is 3. The van der Waals surface area contributed by atoms with Crippen LogP contribution in [0.3, 0.4) is 0 Å². The van der Waals surface area contributed by atoms with Crippen molar-refractivity contribution >= 4 is 18.0 Å². The quantitative estimate of drug-likeness (QED) is 0.534. The topological polar surface area (TPSA) is 43.1 Å². The van der Waals surface area contributed by atoms with E-state index in [-0.39, 0.29) is 5.82 Å². The maximum absolute atomic E-state index is 12.9. The summed E-state index contributed by atoms with van der Waals surface area (Å²) in [5.41, 5.74) is 2.03. The van der Waals surface area contributed by atoms with Gasteiger partial charge in [0.2, 0.25) is 5.16 Å². The molecule has 0 unspecified atom stereocenters. The van der Waals surface area contributed by atoms with E-state index < -0.39 is 0 Å². The van der Waals surface area contributed by atoms with Gasteiger partial charge in [-0.2, -0.15) is 9.78 Å². The Hall–Kier alpha value is -2.47. The molecule has 3 aromatic rings. The van der Waals surface area contributed by atoms with E-state index in [1.807, 2.05) is 18.2 Å². The second-order valence-corrected chi connectivity index (χ2v) is 5.47. The molecule has 6 heteroatoms. The summed E-state index contributed by atoms with van der Waals surface area (Å²) in [5.74, 6) is 0.534. The van der Waals surface area contributed by atoms with Gasteiger partial charge in [0.05, 0.1) is 6.21 Å². The minimum absolute atomic E-state index is 0.263. The minimum atomic E-state index is -0.263. The molecule has 1 aromatic heterocycles. The van der Waals surface area contributed by atoms with Gasteiger partial charge >= 0.3 is 0 Å². The van der Waals surface area contributed by atoms with Crippen molar-refractivity contribution in [2.24, 2.45) is 5.10 Å². The maximum Gasteiger partial charge on any atom is 0.212 e. The Morgan fingerprint density at radius 1 is 1.09 bits per heavy atom. The van der Waals surface area contributed by atoms with Crippen LogP contribution in [0.1, 0.15) is 11.1 Å². The highest BCUT2D eigenvalue weighted by molar-refractivity contribution is 7.98. The molecule has 0 atom stereocenters. The molecule has 4 nitrogen and oxygen atoms in total. The van der Waals surface area contributed by atoms with Crippen LogP contribution in [0, 0.1) is 5.82 Å². The molecular formula is C16H13FN4S. The van der Waals surface area contributed by atoms with Crippen LogP contribution in [0.4, 0.5) is 4.39 Å². The first-order valence-electron chi connectivity index (χ1n) is 6.68. The van der Waals surface area contributed by atoms with Crippen LogP contribution in [0.5, 0.6) is 0 Å². The molecule has 0 N–H and O–H groups in total. The summed E-state index contributed by atoms with van der Waals surface area (Å²) in [4.78, 5) is 0. The summed E-state index contributed by atoms with van der Waals surface area (Å²) >= 11 is 1.56. The smallest absolute Gasteiger partial charge is 0.207 e. The van der Waals surface area contributed by atoms with Gasteiger partial charge < -0.3 is 0 Å². The van der Waals surface area contributed by atoms with Gasteiger partial charge in [-0.3, -0.25) is 0 Å². The molecule has 0 amide bonds. The van der Waals surface area contributed by atoms with Crippen molar-refractivity contribution in [3.8, 4) is 0 Å². The monoisotopic (exact) mass is 312 g/mol. The normalized spacial score (nSPS) is 11.1. The van der Waals surface area contributed by atoms with Crippen molar-refractivity contribution in [1.82, 2.24) is 14.9 Å². The Kier molecular flexibility index (Phi) is 4.60. The molecule has 3 rings (SSSR count). The summed E-state index contributed by atoms with van der Waals surface area (Å²) in [6.45, 7) is 0. The minimum Gasteiger partial charge on any atom is -0.207 e. The van der Waals surface area contributed by atoms with E-state index in [2.05, 4.69) is 27.4 Å². The van der Waals surface area contributed by atoms with Gasteiger partial charge in [-0.1, -0.05) is 54.2 Å². The number of rotatable bonds is 5. The number of nitrogens with zero attached hydrogens (tertiary/aromatic N) is 4. The number of halogens is 1. The first-order valence-corrected chi connectivity index (χ1v) is 7.66. The number of benzene rings is 2. The lowest BCUT2D eigenvalue weighted by molar-refractivity contribution is 0.628. The Morgan fingerprint density at radius 3 is 2.64 bits per heavy atom. The van der Waals surface area contributed by atoms with E-state index in [1.165, 1.54) is 17.7 Å². The second-order valence-electron chi connectivity index (χ2n) is 4.53. The second kappa shape index (κ2) is 7.00. The van der Waals surface area contributed by atoms with Crippen molar-refractivity contribution < 1.29 is 4.39 Å². The molecule has 0 aliphatic heterocycles. The molecule has 22 heavy (non-hydrogen) atoms. The van der Waals surface area contributed by atoms with Crippen molar-refractivity contribution in [3.63, 3.8) is 0 Å². The van der Waals surface area contributed by atoms with E-state index >= 15 is 0 Å². The van der Waals surface area contributed by atoms with Crippen molar-refractivity contribution in [2.75, 3.05) is 0 Å².